The first-order chi connectivity index (χ1) is 17.9. The molecule has 1 aromatic carbocycles. The predicted octanol–water partition coefficient (Wildman–Crippen LogP) is 3.61. The molecule has 2 aromatic heterocycles. The number of anilines is 1. The third-order valence-electron chi connectivity index (χ3n) is 7.83. The van der Waals surface area contributed by atoms with Crippen LogP contribution in [0.5, 0.6) is 0 Å². The van der Waals surface area contributed by atoms with Gasteiger partial charge in [-0.05, 0) is 57.7 Å². The molecule has 4 heterocycles. The maximum Gasteiger partial charge on any atom is 0.253 e. The monoisotopic (exact) mass is 506 g/mol. The molecule has 2 aliphatic rings. The smallest absolute Gasteiger partial charge is 0.253 e. The lowest BCUT2D eigenvalue weighted by Crippen LogP contribution is -2.62. The van der Waals surface area contributed by atoms with Crippen LogP contribution in [-0.4, -0.2) is 85.2 Å². The van der Waals surface area contributed by atoms with Crippen molar-refractivity contribution in [3.05, 3.63) is 53.4 Å². The van der Waals surface area contributed by atoms with Gasteiger partial charge in [-0.15, -0.1) is 0 Å². The predicted molar refractivity (Wildman–Crippen MR) is 140 cm³/mol. The number of hydrogen-bond acceptors (Lipinski definition) is 7. The molecule has 0 aliphatic carbocycles. The number of aromatic nitrogens is 5. The van der Waals surface area contributed by atoms with E-state index in [1.54, 1.807) is 25.3 Å². The number of halogens is 1. The number of aromatic amines is 1. The molecule has 0 unspecified atom stereocenters. The van der Waals surface area contributed by atoms with E-state index < -0.39 is 0 Å². The largest absolute Gasteiger partial charge is 0.350 e. The number of nitrogens with zero attached hydrogens (tertiary/aromatic N) is 7. The molecule has 1 amide bonds. The summed E-state index contributed by atoms with van der Waals surface area (Å²) in [6, 6.07) is 5.86. The molecule has 2 atom stereocenters. The molecular weight excluding hydrogens is 471 g/mol. The molecule has 196 valence electrons. The van der Waals surface area contributed by atoms with Crippen molar-refractivity contribution in [1.82, 2.24) is 34.9 Å². The summed E-state index contributed by atoms with van der Waals surface area (Å²) in [5, 5.41) is 6.83. The number of benzene rings is 1. The zero-order chi connectivity index (χ0) is 26.1. The van der Waals surface area contributed by atoms with E-state index in [1.165, 1.54) is 12.4 Å². The summed E-state index contributed by atoms with van der Waals surface area (Å²) < 4.78 is 14.0. The van der Waals surface area contributed by atoms with Gasteiger partial charge in [0.05, 0.1) is 11.9 Å². The fourth-order valence-electron chi connectivity index (χ4n) is 5.68. The molecule has 1 N–H and O–H groups in total. The summed E-state index contributed by atoms with van der Waals surface area (Å²) in [4.78, 5) is 33.5. The minimum atomic E-state index is -0.328. The van der Waals surface area contributed by atoms with Crippen molar-refractivity contribution >= 4 is 11.7 Å². The summed E-state index contributed by atoms with van der Waals surface area (Å²) in [5.74, 6) is 1.05. The molecular formula is C27H35FN8O. The second kappa shape index (κ2) is 10.5. The number of rotatable bonds is 5. The van der Waals surface area contributed by atoms with Gasteiger partial charge < -0.3 is 9.80 Å². The third kappa shape index (κ3) is 5.07. The normalized spacial score (nSPS) is 21.4. The highest BCUT2D eigenvalue weighted by Crippen LogP contribution is 2.30. The Morgan fingerprint density at radius 3 is 2.59 bits per heavy atom. The van der Waals surface area contributed by atoms with Gasteiger partial charge >= 0.3 is 0 Å². The van der Waals surface area contributed by atoms with Crippen molar-refractivity contribution in [3.63, 3.8) is 0 Å². The van der Waals surface area contributed by atoms with Crippen LogP contribution in [0.1, 0.15) is 54.7 Å². The van der Waals surface area contributed by atoms with E-state index in [9.17, 15) is 9.18 Å². The van der Waals surface area contributed by atoms with Gasteiger partial charge in [0, 0.05) is 49.9 Å². The lowest BCUT2D eigenvalue weighted by atomic mass is 9.95. The number of carbonyl (C=O) groups is 1. The van der Waals surface area contributed by atoms with Crippen molar-refractivity contribution in [2.45, 2.75) is 65.1 Å². The molecule has 0 saturated carbocycles. The molecule has 3 aromatic rings. The average Bonchev–Trinajstić information content (AvgIpc) is 3.45. The topological polar surface area (TPSA) is 94.1 Å². The number of amides is 1. The highest BCUT2D eigenvalue weighted by molar-refractivity contribution is 5.94. The highest BCUT2D eigenvalue weighted by Gasteiger charge is 2.37. The molecule has 0 spiro atoms. The van der Waals surface area contributed by atoms with Crippen LogP contribution in [0, 0.1) is 19.7 Å². The van der Waals surface area contributed by atoms with Gasteiger partial charge in [-0.25, -0.2) is 19.3 Å². The summed E-state index contributed by atoms with van der Waals surface area (Å²) in [7, 11) is 0. The molecule has 2 fully saturated rings. The summed E-state index contributed by atoms with van der Waals surface area (Å²) in [6.45, 7) is 11.4. The minimum Gasteiger partial charge on any atom is -0.350 e. The van der Waals surface area contributed by atoms with E-state index in [0.29, 0.717) is 47.8 Å². The SMILES string of the molecule is CC[C@H]1CN(c2ncc(-c3nc[nH]n3)nc2C)[C@H](C)CN1C1CCN(C(=O)c2ccc(C)c(F)c2)CC1. The maximum absolute atomic E-state index is 14.0. The Labute approximate surface area is 217 Å². The number of likely N-dealkylation sites (tertiary alicyclic amines) is 1. The zero-order valence-corrected chi connectivity index (χ0v) is 22.0. The summed E-state index contributed by atoms with van der Waals surface area (Å²) in [6.07, 6.45) is 6.17. The van der Waals surface area contributed by atoms with Crippen LogP contribution in [-0.2, 0) is 0 Å². The van der Waals surface area contributed by atoms with Gasteiger partial charge in [-0.1, -0.05) is 13.0 Å². The standard InChI is InChI=1S/C27H35FN8O/c1-5-21-15-35(26-19(4)32-24(13-29-26)25-30-16-31-33-25)18(3)14-36(21)22-8-10-34(11-9-22)27(37)20-7-6-17(2)23(28)12-20/h6-7,12-13,16,18,21-22H,5,8-11,14-15H2,1-4H3,(H,30,31,33)/t18-,21+/m1/s1. The minimum absolute atomic E-state index is 0.0786. The number of H-pyrrole nitrogens is 1. The number of piperazine rings is 1. The Morgan fingerprint density at radius 2 is 1.95 bits per heavy atom. The highest BCUT2D eigenvalue weighted by atomic mass is 19.1. The van der Waals surface area contributed by atoms with E-state index in [4.69, 9.17) is 9.97 Å². The van der Waals surface area contributed by atoms with Gasteiger partial charge in [0.2, 0.25) is 5.82 Å². The molecule has 10 heteroatoms. The number of piperidine rings is 1. The van der Waals surface area contributed by atoms with Gasteiger partial charge in [0.25, 0.3) is 5.91 Å². The molecule has 0 radical (unpaired) electrons. The summed E-state index contributed by atoms with van der Waals surface area (Å²) >= 11 is 0. The van der Waals surface area contributed by atoms with Crippen LogP contribution in [0.3, 0.4) is 0 Å². The van der Waals surface area contributed by atoms with Crippen molar-refractivity contribution < 1.29 is 9.18 Å². The van der Waals surface area contributed by atoms with Crippen molar-refractivity contribution in [1.29, 1.82) is 0 Å². The number of nitrogens with one attached hydrogen (secondary N) is 1. The van der Waals surface area contributed by atoms with Crippen molar-refractivity contribution in [3.8, 4) is 11.5 Å². The number of carbonyl (C=O) groups excluding carboxylic acids is 1. The van der Waals surface area contributed by atoms with Crippen LogP contribution < -0.4 is 4.90 Å². The maximum atomic E-state index is 14.0. The van der Waals surface area contributed by atoms with Crippen molar-refractivity contribution in [2.75, 3.05) is 31.1 Å². The van der Waals surface area contributed by atoms with Crippen LogP contribution in [0.25, 0.3) is 11.5 Å². The van der Waals surface area contributed by atoms with E-state index in [2.05, 4.69) is 38.8 Å². The quantitative estimate of drug-likeness (QED) is 0.565. The summed E-state index contributed by atoms with van der Waals surface area (Å²) in [5.41, 5.74) is 2.52. The number of hydrogen-bond donors (Lipinski definition) is 1. The first-order valence-electron chi connectivity index (χ1n) is 13.1. The Hall–Kier alpha value is -3.40. The molecule has 2 saturated heterocycles. The van der Waals surface area contributed by atoms with Crippen LogP contribution >= 0.6 is 0 Å². The lowest BCUT2D eigenvalue weighted by molar-refractivity contribution is 0.0434. The van der Waals surface area contributed by atoms with Gasteiger partial charge in [0.15, 0.2) is 0 Å². The van der Waals surface area contributed by atoms with Crippen LogP contribution in [0.4, 0.5) is 10.2 Å². The second-order valence-electron chi connectivity index (χ2n) is 10.2. The molecule has 9 nitrogen and oxygen atoms in total. The van der Waals surface area contributed by atoms with Gasteiger partial charge in [-0.2, -0.15) is 5.10 Å². The third-order valence-corrected chi connectivity index (χ3v) is 7.83. The Balaban J connectivity index is 1.24. The van der Waals surface area contributed by atoms with E-state index in [1.807, 2.05) is 11.8 Å². The first-order valence-corrected chi connectivity index (χ1v) is 13.1. The Kier molecular flexibility index (Phi) is 7.19. The molecule has 0 bridgehead atoms. The van der Waals surface area contributed by atoms with Crippen LogP contribution in [0.15, 0.2) is 30.7 Å². The van der Waals surface area contributed by atoms with Crippen LogP contribution in [0.2, 0.25) is 0 Å². The zero-order valence-electron chi connectivity index (χ0n) is 22.0. The second-order valence-corrected chi connectivity index (χ2v) is 10.2. The van der Waals surface area contributed by atoms with Crippen molar-refractivity contribution in [2.24, 2.45) is 0 Å². The van der Waals surface area contributed by atoms with Gasteiger partial charge in [0.1, 0.15) is 23.7 Å². The Morgan fingerprint density at radius 1 is 1.16 bits per heavy atom. The molecule has 2 aliphatic heterocycles. The Bertz CT molecular complexity index is 1240. The molecule has 37 heavy (non-hydrogen) atoms. The first kappa shape index (κ1) is 25.3. The molecule has 5 rings (SSSR count). The fraction of sp³-hybridized carbons (Fsp3) is 0.519. The average molecular weight is 507 g/mol. The van der Waals surface area contributed by atoms with E-state index >= 15 is 0 Å². The fourth-order valence-corrected chi connectivity index (χ4v) is 5.68. The van der Waals surface area contributed by atoms with E-state index in [0.717, 1.165) is 43.9 Å². The lowest BCUT2D eigenvalue weighted by Gasteiger charge is -2.50. The van der Waals surface area contributed by atoms with Gasteiger partial charge in [-0.3, -0.25) is 14.8 Å². The number of aryl methyl sites for hydroxylation is 2. The van der Waals surface area contributed by atoms with E-state index in [-0.39, 0.29) is 17.8 Å².